The van der Waals surface area contributed by atoms with Crippen LogP contribution in [0.2, 0.25) is 0 Å². The van der Waals surface area contributed by atoms with E-state index in [1.165, 1.54) is 19.3 Å². The lowest BCUT2D eigenvalue weighted by Gasteiger charge is -2.01. The van der Waals surface area contributed by atoms with E-state index in [0.717, 1.165) is 17.9 Å². The molecule has 0 aliphatic carbocycles. The van der Waals surface area contributed by atoms with Gasteiger partial charge in [-0.2, -0.15) is 0 Å². The molecule has 0 amide bonds. The van der Waals surface area contributed by atoms with Crippen molar-refractivity contribution in [3.05, 3.63) is 11.4 Å². The third-order valence-corrected chi connectivity index (χ3v) is 2.25. The van der Waals surface area contributed by atoms with E-state index >= 15 is 0 Å². The van der Waals surface area contributed by atoms with Crippen LogP contribution in [0.15, 0.2) is 0 Å². The van der Waals surface area contributed by atoms with Crippen molar-refractivity contribution in [2.45, 2.75) is 46.2 Å². The van der Waals surface area contributed by atoms with Gasteiger partial charge < -0.3 is 5.73 Å². The predicted molar refractivity (Wildman–Crippen MR) is 52.2 cm³/mol. The van der Waals surface area contributed by atoms with Gasteiger partial charge in [-0.15, -0.1) is 5.10 Å². The van der Waals surface area contributed by atoms with Crippen LogP contribution in [0.4, 0.5) is 0 Å². The van der Waals surface area contributed by atoms with Crippen LogP contribution in [-0.2, 0) is 13.1 Å². The molecule has 13 heavy (non-hydrogen) atoms. The summed E-state index contributed by atoms with van der Waals surface area (Å²) in [5.74, 6) is 0. The zero-order valence-electron chi connectivity index (χ0n) is 8.45. The third kappa shape index (κ3) is 2.52. The topological polar surface area (TPSA) is 56.7 Å². The molecule has 2 N–H and O–H groups in total. The maximum Gasteiger partial charge on any atom is 0.0991 e. The first-order chi connectivity index (χ1) is 6.29. The van der Waals surface area contributed by atoms with E-state index in [2.05, 4.69) is 17.2 Å². The average Bonchev–Trinajstić information content (AvgIpc) is 2.48. The summed E-state index contributed by atoms with van der Waals surface area (Å²) in [4.78, 5) is 0. The number of hydrogen-bond donors (Lipinski definition) is 1. The zero-order valence-corrected chi connectivity index (χ0v) is 8.45. The Balaban J connectivity index is 2.51. The van der Waals surface area contributed by atoms with E-state index in [0.29, 0.717) is 6.54 Å². The highest BCUT2D eigenvalue weighted by atomic mass is 15.4. The molecule has 1 heterocycles. The van der Waals surface area contributed by atoms with Gasteiger partial charge in [0, 0.05) is 13.1 Å². The third-order valence-electron chi connectivity index (χ3n) is 2.25. The Morgan fingerprint density at radius 1 is 1.38 bits per heavy atom. The Morgan fingerprint density at radius 3 is 2.69 bits per heavy atom. The molecule has 0 aromatic carbocycles. The van der Waals surface area contributed by atoms with E-state index in [9.17, 15) is 0 Å². The lowest BCUT2D eigenvalue weighted by atomic mass is 10.2. The van der Waals surface area contributed by atoms with Crippen LogP contribution in [-0.4, -0.2) is 15.0 Å². The molecule has 0 saturated heterocycles. The van der Waals surface area contributed by atoms with Crippen LogP contribution in [0.3, 0.4) is 0 Å². The van der Waals surface area contributed by atoms with Gasteiger partial charge in [0.15, 0.2) is 0 Å². The summed E-state index contributed by atoms with van der Waals surface area (Å²) in [5.41, 5.74) is 7.53. The second kappa shape index (κ2) is 4.97. The van der Waals surface area contributed by atoms with Crippen molar-refractivity contribution in [1.29, 1.82) is 0 Å². The summed E-state index contributed by atoms with van der Waals surface area (Å²) in [6, 6.07) is 0. The molecule has 0 spiro atoms. The molecule has 74 valence electrons. The Labute approximate surface area is 79.1 Å². The Bertz CT molecular complexity index is 254. The van der Waals surface area contributed by atoms with Crippen molar-refractivity contribution in [2.75, 3.05) is 0 Å². The van der Waals surface area contributed by atoms with Crippen molar-refractivity contribution in [2.24, 2.45) is 5.73 Å². The van der Waals surface area contributed by atoms with Crippen LogP contribution in [0.25, 0.3) is 0 Å². The Hall–Kier alpha value is -0.900. The molecule has 1 rings (SSSR count). The summed E-state index contributed by atoms with van der Waals surface area (Å²) in [5, 5.41) is 8.05. The number of aryl methyl sites for hydroxylation is 1. The Morgan fingerprint density at radius 2 is 2.15 bits per heavy atom. The summed E-state index contributed by atoms with van der Waals surface area (Å²) in [6.07, 6.45) is 3.65. The van der Waals surface area contributed by atoms with Gasteiger partial charge in [-0.3, -0.25) is 0 Å². The molecule has 1 aromatic rings. The van der Waals surface area contributed by atoms with Crippen LogP contribution in [0.1, 0.15) is 37.6 Å². The molecule has 0 bridgehead atoms. The molecule has 4 nitrogen and oxygen atoms in total. The molecule has 0 unspecified atom stereocenters. The van der Waals surface area contributed by atoms with Crippen LogP contribution in [0.5, 0.6) is 0 Å². The molecule has 0 aliphatic rings. The maximum absolute atomic E-state index is 5.50. The number of rotatable bonds is 5. The number of nitrogens with zero attached hydrogens (tertiary/aromatic N) is 3. The summed E-state index contributed by atoms with van der Waals surface area (Å²) in [6.45, 7) is 5.67. The lowest BCUT2D eigenvalue weighted by molar-refractivity contribution is 0.527. The highest BCUT2D eigenvalue weighted by Gasteiger charge is 2.05. The zero-order chi connectivity index (χ0) is 9.68. The van der Waals surface area contributed by atoms with Crippen molar-refractivity contribution in [3.8, 4) is 0 Å². The van der Waals surface area contributed by atoms with E-state index < -0.39 is 0 Å². The first-order valence-corrected chi connectivity index (χ1v) is 4.88. The summed E-state index contributed by atoms with van der Waals surface area (Å²) < 4.78 is 1.94. The van der Waals surface area contributed by atoms with Gasteiger partial charge in [0.2, 0.25) is 0 Å². The highest BCUT2D eigenvalue weighted by molar-refractivity contribution is 5.06. The minimum absolute atomic E-state index is 0.486. The van der Waals surface area contributed by atoms with Gasteiger partial charge in [0.25, 0.3) is 0 Å². The molecule has 0 fully saturated rings. The number of hydrogen-bond acceptors (Lipinski definition) is 3. The molecule has 4 heteroatoms. The first-order valence-electron chi connectivity index (χ1n) is 4.88. The molecule has 0 radical (unpaired) electrons. The molecular formula is C9H18N4. The van der Waals surface area contributed by atoms with Gasteiger partial charge in [-0.1, -0.05) is 25.0 Å². The molecule has 0 saturated carbocycles. The average molecular weight is 182 g/mol. The fourth-order valence-electron chi connectivity index (χ4n) is 1.31. The lowest BCUT2D eigenvalue weighted by Crippen LogP contribution is -2.04. The van der Waals surface area contributed by atoms with Crippen molar-refractivity contribution in [3.63, 3.8) is 0 Å². The normalized spacial score (nSPS) is 10.7. The van der Waals surface area contributed by atoms with Crippen molar-refractivity contribution >= 4 is 0 Å². The fourth-order valence-corrected chi connectivity index (χ4v) is 1.31. The minimum atomic E-state index is 0.486. The van der Waals surface area contributed by atoms with Gasteiger partial charge in [-0.25, -0.2) is 4.68 Å². The molecule has 1 aromatic heterocycles. The van der Waals surface area contributed by atoms with Crippen LogP contribution >= 0.6 is 0 Å². The van der Waals surface area contributed by atoms with Gasteiger partial charge in [0.05, 0.1) is 11.4 Å². The molecule has 0 aliphatic heterocycles. The largest absolute Gasteiger partial charge is 0.325 e. The first kappa shape index (κ1) is 10.2. The van der Waals surface area contributed by atoms with E-state index in [1.807, 2.05) is 11.6 Å². The SMILES string of the molecule is CCCCCn1nnc(CN)c1C. The molecule has 0 atom stereocenters. The van der Waals surface area contributed by atoms with Crippen molar-refractivity contribution in [1.82, 2.24) is 15.0 Å². The van der Waals surface area contributed by atoms with E-state index in [1.54, 1.807) is 0 Å². The number of aromatic nitrogens is 3. The van der Waals surface area contributed by atoms with E-state index in [-0.39, 0.29) is 0 Å². The summed E-state index contributed by atoms with van der Waals surface area (Å²) >= 11 is 0. The van der Waals surface area contributed by atoms with Gasteiger partial charge >= 0.3 is 0 Å². The minimum Gasteiger partial charge on any atom is -0.325 e. The summed E-state index contributed by atoms with van der Waals surface area (Å²) in [7, 11) is 0. The van der Waals surface area contributed by atoms with Gasteiger partial charge in [0.1, 0.15) is 0 Å². The van der Waals surface area contributed by atoms with Gasteiger partial charge in [-0.05, 0) is 13.3 Å². The molecular weight excluding hydrogens is 164 g/mol. The second-order valence-electron chi connectivity index (χ2n) is 3.26. The predicted octanol–water partition coefficient (Wildman–Crippen LogP) is 1.24. The second-order valence-corrected chi connectivity index (χ2v) is 3.26. The number of unbranched alkanes of at least 4 members (excludes halogenated alkanes) is 2. The number of nitrogens with two attached hydrogens (primary N) is 1. The maximum atomic E-state index is 5.50. The standard InChI is InChI=1S/C9H18N4/c1-3-4-5-6-13-8(2)9(7-10)11-12-13/h3-7,10H2,1-2H3. The van der Waals surface area contributed by atoms with Crippen LogP contribution in [0, 0.1) is 6.92 Å². The Kier molecular flexibility index (Phi) is 3.89. The van der Waals surface area contributed by atoms with E-state index in [4.69, 9.17) is 5.73 Å². The van der Waals surface area contributed by atoms with Crippen LogP contribution < -0.4 is 5.73 Å². The fraction of sp³-hybridized carbons (Fsp3) is 0.778. The quantitative estimate of drug-likeness (QED) is 0.697. The highest BCUT2D eigenvalue weighted by Crippen LogP contribution is 2.04. The van der Waals surface area contributed by atoms with Crippen molar-refractivity contribution < 1.29 is 0 Å². The monoisotopic (exact) mass is 182 g/mol. The smallest absolute Gasteiger partial charge is 0.0991 e.